The number of rotatable bonds is 3. The molecule has 0 spiro atoms. The lowest BCUT2D eigenvalue weighted by atomic mass is 10.2. The summed E-state index contributed by atoms with van der Waals surface area (Å²) in [6.07, 6.45) is -3.58. The first-order chi connectivity index (χ1) is 9.34. The number of thiazole rings is 1. The number of carbonyl (C=O) groups is 1. The van der Waals surface area contributed by atoms with Crippen molar-refractivity contribution in [2.24, 2.45) is 0 Å². The Kier molecular flexibility index (Phi) is 3.80. The van der Waals surface area contributed by atoms with Gasteiger partial charge in [-0.15, -0.1) is 11.3 Å². The molecule has 2 aromatic rings. The van der Waals surface area contributed by atoms with Gasteiger partial charge in [0.2, 0.25) is 0 Å². The van der Waals surface area contributed by atoms with E-state index in [1.807, 2.05) is 0 Å². The van der Waals surface area contributed by atoms with E-state index in [9.17, 15) is 18.0 Å². The molecule has 0 fully saturated rings. The van der Waals surface area contributed by atoms with Crippen LogP contribution in [0.4, 0.5) is 13.2 Å². The Morgan fingerprint density at radius 2 is 2.20 bits per heavy atom. The average Bonchev–Trinajstić information content (AvgIpc) is 2.94. The molecule has 2 aromatic heterocycles. The van der Waals surface area contributed by atoms with Crippen LogP contribution >= 0.6 is 11.3 Å². The van der Waals surface area contributed by atoms with Crippen LogP contribution in [0, 0.1) is 6.92 Å². The number of hydrogen-bond donors (Lipinski definition) is 0. The molecule has 5 nitrogen and oxygen atoms in total. The number of carbonyl (C=O) groups excluding carboxylic acids is 1. The number of nitrogens with zero attached hydrogens (tertiary/aromatic N) is 2. The van der Waals surface area contributed by atoms with Gasteiger partial charge in [-0.05, 0) is 13.8 Å². The smallest absolute Gasteiger partial charge is 0.443 e. The van der Waals surface area contributed by atoms with E-state index in [2.05, 4.69) is 9.97 Å². The summed E-state index contributed by atoms with van der Waals surface area (Å²) in [6.45, 7) is 3.18. The van der Waals surface area contributed by atoms with Crippen molar-refractivity contribution in [1.29, 1.82) is 0 Å². The monoisotopic (exact) mass is 306 g/mol. The van der Waals surface area contributed by atoms with Gasteiger partial charge in [-0.1, -0.05) is 0 Å². The zero-order valence-corrected chi connectivity index (χ0v) is 11.3. The predicted molar refractivity (Wildman–Crippen MR) is 63.3 cm³/mol. The summed E-state index contributed by atoms with van der Waals surface area (Å²) in [6, 6.07) is 0. The summed E-state index contributed by atoms with van der Waals surface area (Å²) in [5.74, 6) is -0.884. The van der Waals surface area contributed by atoms with Crippen molar-refractivity contribution in [3.63, 3.8) is 0 Å². The highest BCUT2D eigenvalue weighted by molar-refractivity contribution is 7.12. The van der Waals surface area contributed by atoms with Gasteiger partial charge in [-0.25, -0.2) is 14.8 Å². The molecule has 0 aliphatic carbocycles. The van der Waals surface area contributed by atoms with Crippen molar-refractivity contribution in [2.75, 3.05) is 6.61 Å². The highest BCUT2D eigenvalue weighted by Crippen LogP contribution is 2.37. The molecule has 108 valence electrons. The van der Waals surface area contributed by atoms with Gasteiger partial charge in [-0.3, -0.25) is 0 Å². The number of hydrogen-bond acceptors (Lipinski definition) is 6. The van der Waals surface area contributed by atoms with E-state index >= 15 is 0 Å². The number of esters is 1. The summed E-state index contributed by atoms with van der Waals surface area (Å²) in [4.78, 5) is 19.0. The van der Waals surface area contributed by atoms with Gasteiger partial charge in [-0.2, -0.15) is 13.2 Å². The maximum atomic E-state index is 12.6. The zero-order valence-electron chi connectivity index (χ0n) is 10.4. The Hall–Kier alpha value is -1.90. The lowest BCUT2D eigenvalue weighted by molar-refractivity contribution is -0.137. The quantitative estimate of drug-likeness (QED) is 0.814. The maximum absolute atomic E-state index is 12.6. The second-order valence-corrected chi connectivity index (χ2v) is 4.88. The largest absolute Gasteiger partial charge is 0.461 e. The third-order valence-electron chi connectivity index (χ3n) is 2.29. The number of aromatic nitrogens is 2. The first kappa shape index (κ1) is 14.5. The summed E-state index contributed by atoms with van der Waals surface area (Å²) in [7, 11) is 0. The third-order valence-corrected chi connectivity index (χ3v) is 3.31. The van der Waals surface area contributed by atoms with Crippen LogP contribution in [0.15, 0.2) is 10.8 Å². The van der Waals surface area contributed by atoms with Crippen LogP contribution < -0.4 is 0 Å². The van der Waals surface area contributed by atoms with Crippen molar-refractivity contribution in [2.45, 2.75) is 20.0 Å². The van der Waals surface area contributed by atoms with Gasteiger partial charge in [0.25, 0.3) is 0 Å². The average molecular weight is 306 g/mol. The third kappa shape index (κ3) is 2.67. The van der Waals surface area contributed by atoms with E-state index in [4.69, 9.17) is 9.15 Å². The number of halogens is 3. The summed E-state index contributed by atoms with van der Waals surface area (Å²) < 4.78 is 47.6. The van der Waals surface area contributed by atoms with Crippen LogP contribution in [-0.2, 0) is 10.9 Å². The molecule has 0 amide bonds. The fraction of sp³-hybridized carbons (Fsp3) is 0.364. The molecule has 20 heavy (non-hydrogen) atoms. The minimum atomic E-state index is -4.54. The van der Waals surface area contributed by atoms with Crippen LogP contribution in [0.25, 0.3) is 11.5 Å². The van der Waals surface area contributed by atoms with Crippen molar-refractivity contribution in [3.8, 4) is 11.5 Å². The van der Waals surface area contributed by atoms with E-state index in [1.54, 1.807) is 6.92 Å². The van der Waals surface area contributed by atoms with Gasteiger partial charge < -0.3 is 9.15 Å². The van der Waals surface area contributed by atoms with Crippen molar-refractivity contribution >= 4 is 17.3 Å². The zero-order chi connectivity index (χ0) is 14.9. The topological polar surface area (TPSA) is 65.2 Å². The number of alkyl halides is 3. The van der Waals surface area contributed by atoms with Gasteiger partial charge in [0.1, 0.15) is 5.69 Å². The molecule has 0 aliphatic rings. The molecule has 0 unspecified atom stereocenters. The van der Waals surface area contributed by atoms with Crippen molar-refractivity contribution < 1.29 is 27.1 Å². The molecule has 0 bridgehead atoms. The van der Waals surface area contributed by atoms with E-state index in [1.165, 1.54) is 6.92 Å². The van der Waals surface area contributed by atoms with E-state index < -0.39 is 17.2 Å². The molecule has 0 radical (unpaired) electrons. The predicted octanol–water partition coefficient (Wildman–Crippen LogP) is 3.30. The van der Waals surface area contributed by atoms with Gasteiger partial charge in [0, 0.05) is 4.88 Å². The fourth-order valence-corrected chi connectivity index (χ4v) is 2.27. The molecule has 0 saturated heterocycles. The van der Waals surface area contributed by atoms with Crippen molar-refractivity contribution in [3.05, 3.63) is 22.0 Å². The summed E-state index contributed by atoms with van der Waals surface area (Å²) in [5, 5.41) is -1.00. The Labute approximate surface area is 115 Å². The SMILES string of the molecule is CCOC(=O)c1ncoc1-c1nc(C(F)(F)F)sc1C. The van der Waals surface area contributed by atoms with Gasteiger partial charge >= 0.3 is 12.1 Å². The highest BCUT2D eigenvalue weighted by atomic mass is 32.1. The minimum Gasteiger partial charge on any atom is -0.461 e. The van der Waals surface area contributed by atoms with Crippen molar-refractivity contribution in [1.82, 2.24) is 9.97 Å². The molecule has 9 heteroatoms. The molecule has 0 saturated carbocycles. The molecule has 0 aromatic carbocycles. The molecule has 2 rings (SSSR count). The molecule has 0 N–H and O–H groups in total. The van der Waals surface area contributed by atoms with Gasteiger partial charge in [0.15, 0.2) is 22.9 Å². The Balaban J connectivity index is 2.45. The lowest BCUT2D eigenvalue weighted by Gasteiger charge is -2.00. The van der Waals surface area contributed by atoms with Crippen LogP contribution in [0.5, 0.6) is 0 Å². The molecular weight excluding hydrogens is 297 g/mol. The minimum absolute atomic E-state index is 0.0529. The first-order valence-electron chi connectivity index (χ1n) is 5.50. The Morgan fingerprint density at radius 3 is 2.75 bits per heavy atom. The first-order valence-corrected chi connectivity index (χ1v) is 6.31. The number of oxazole rings is 1. The van der Waals surface area contributed by atoms with Crippen LogP contribution in [0.3, 0.4) is 0 Å². The lowest BCUT2D eigenvalue weighted by Crippen LogP contribution is -2.07. The maximum Gasteiger partial charge on any atom is 0.443 e. The summed E-state index contributed by atoms with van der Waals surface area (Å²) >= 11 is 0.477. The molecule has 0 atom stereocenters. The van der Waals surface area contributed by atoms with Crippen LogP contribution in [0.2, 0.25) is 0 Å². The van der Waals surface area contributed by atoms with E-state index in [0.717, 1.165) is 6.39 Å². The summed E-state index contributed by atoms with van der Waals surface area (Å²) in [5.41, 5.74) is -0.239. The highest BCUT2D eigenvalue weighted by Gasteiger charge is 2.36. The van der Waals surface area contributed by atoms with E-state index in [-0.39, 0.29) is 28.6 Å². The second-order valence-electron chi connectivity index (χ2n) is 3.67. The van der Waals surface area contributed by atoms with Crippen LogP contribution in [-0.4, -0.2) is 22.5 Å². The standard InChI is InChI=1S/C11H9F3N2O3S/c1-3-18-9(17)7-8(19-4-15-7)6-5(2)20-10(16-6)11(12,13)14/h4H,3H2,1-2H3. The second kappa shape index (κ2) is 5.23. The molecular formula is C11H9F3N2O3S. The van der Waals surface area contributed by atoms with E-state index in [0.29, 0.717) is 11.3 Å². The normalized spacial score (nSPS) is 11.7. The van der Waals surface area contributed by atoms with Crippen LogP contribution in [0.1, 0.15) is 27.3 Å². The number of aryl methyl sites for hydroxylation is 1. The molecule has 0 aliphatic heterocycles. The fourth-order valence-electron chi connectivity index (χ4n) is 1.49. The Bertz CT molecular complexity index is 633. The Morgan fingerprint density at radius 1 is 1.50 bits per heavy atom. The van der Waals surface area contributed by atoms with Gasteiger partial charge in [0.05, 0.1) is 6.61 Å². The molecule has 2 heterocycles. The number of ether oxygens (including phenoxy) is 1.